The average Bonchev–Trinajstić information content (AvgIpc) is 3.16. The molecule has 0 radical (unpaired) electrons. The fourth-order valence-electron chi connectivity index (χ4n) is 3.92. The summed E-state index contributed by atoms with van der Waals surface area (Å²) >= 11 is 1.68. The number of ether oxygens (including phenoxy) is 1. The molecule has 1 aromatic heterocycles. The van der Waals surface area contributed by atoms with Gasteiger partial charge < -0.3 is 4.74 Å². The van der Waals surface area contributed by atoms with Crippen LogP contribution in [0.5, 0.6) is 0 Å². The molecule has 5 heteroatoms. The number of hydrogen-bond acceptors (Lipinski definition) is 5. The van der Waals surface area contributed by atoms with Crippen LogP contribution >= 0.6 is 11.3 Å². The molecule has 4 nitrogen and oxygen atoms in total. The van der Waals surface area contributed by atoms with Crippen LogP contribution in [0.1, 0.15) is 43.2 Å². The van der Waals surface area contributed by atoms with E-state index in [9.17, 15) is 4.79 Å². The Hall–Kier alpha value is -1.72. The topological polar surface area (TPSA) is 42.4 Å². The van der Waals surface area contributed by atoms with E-state index in [-0.39, 0.29) is 11.4 Å². The molecule has 0 aliphatic carbocycles. The first-order valence-electron chi connectivity index (χ1n) is 9.54. The predicted octanol–water partition coefficient (Wildman–Crippen LogP) is 4.31. The molecule has 140 valence electrons. The molecule has 0 spiro atoms. The van der Waals surface area contributed by atoms with Gasteiger partial charge in [0.2, 0.25) is 0 Å². The van der Waals surface area contributed by atoms with Crippen molar-refractivity contribution in [1.82, 2.24) is 9.88 Å². The van der Waals surface area contributed by atoms with E-state index in [2.05, 4.69) is 34.1 Å². The molecule has 0 N–H and O–H groups in total. The van der Waals surface area contributed by atoms with Gasteiger partial charge in [0.15, 0.2) is 0 Å². The zero-order chi connectivity index (χ0) is 18.2. The van der Waals surface area contributed by atoms with Crippen molar-refractivity contribution in [3.8, 4) is 0 Å². The number of thiazole rings is 1. The van der Waals surface area contributed by atoms with Gasteiger partial charge in [-0.25, -0.2) is 4.98 Å². The summed E-state index contributed by atoms with van der Waals surface area (Å²) in [5.74, 6) is -0.0168. The lowest BCUT2D eigenvalue weighted by atomic mass is 9.75. The van der Waals surface area contributed by atoms with Crippen molar-refractivity contribution in [1.29, 1.82) is 0 Å². The zero-order valence-corrected chi connectivity index (χ0v) is 16.3. The van der Waals surface area contributed by atoms with Crippen LogP contribution in [0.4, 0.5) is 0 Å². The van der Waals surface area contributed by atoms with Crippen molar-refractivity contribution in [2.24, 2.45) is 5.41 Å². The quantitative estimate of drug-likeness (QED) is 0.648. The maximum atomic E-state index is 12.8. The second kappa shape index (κ2) is 9.28. The highest BCUT2D eigenvalue weighted by Crippen LogP contribution is 2.37. The monoisotopic (exact) mass is 372 g/mol. The maximum Gasteiger partial charge on any atom is 0.313 e. The van der Waals surface area contributed by atoms with E-state index >= 15 is 0 Å². The van der Waals surface area contributed by atoms with E-state index in [1.54, 1.807) is 11.3 Å². The van der Waals surface area contributed by atoms with E-state index in [1.165, 1.54) is 5.56 Å². The molecule has 2 aromatic rings. The summed E-state index contributed by atoms with van der Waals surface area (Å²) in [6.45, 7) is 4.98. The van der Waals surface area contributed by atoms with Gasteiger partial charge in [-0.05, 0) is 51.1 Å². The minimum absolute atomic E-state index is 0.0168. The molecule has 1 aromatic carbocycles. The van der Waals surface area contributed by atoms with Gasteiger partial charge in [0.05, 0.1) is 18.6 Å². The normalized spacial score (nSPS) is 20.8. The molecule has 1 aliphatic heterocycles. The third-order valence-corrected chi connectivity index (χ3v) is 5.93. The second-order valence-corrected chi connectivity index (χ2v) is 8.06. The Bertz CT molecular complexity index is 675. The number of nitrogens with zero attached hydrogens (tertiary/aromatic N) is 2. The third kappa shape index (κ3) is 4.92. The molecule has 0 amide bonds. The predicted molar refractivity (Wildman–Crippen MR) is 105 cm³/mol. The minimum Gasteiger partial charge on any atom is -0.466 e. The van der Waals surface area contributed by atoms with Crippen molar-refractivity contribution in [2.45, 2.75) is 45.6 Å². The smallest absolute Gasteiger partial charge is 0.313 e. The number of carbonyl (C=O) groups excluding carboxylic acids is 1. The fourth-order valence-corrected chi connectivity index (χ4v) is 4.57. The van der Waals surface area contributed by atoms with Gasteiger partial charge in [-0.15, -0.1) is 11.3 Å². The lowest BCUT2D eigenvalue weighted by Crippen LogP contribution is -2.48. The summed E-state index contributed by atoms with van der Waals surface area (Å²) in [6.07, 6.45) is 6.71. The van der Waals surface area contributed by atoms with E-state index < -0.39 is 0 Å². The molecule has 1 saturated heterocycles. The van der Waals surface area contributed by atoms with Crippen molar-refractivity contribution in [3.63, 3.8) is 0 Å². The molecule has 1 atom stereocenters. The number of piperidine rings is 1. The van der Waals surface area contributed by atoms with Gasteiger partial charge in [0, 0.05) is 18.1 Å². The van der Waals surface area contributed by atoms with Crippen LogP contribution < -0.4 is 0 Å². The van der Waals surface area contributed by atoms with Gasteiger partial charge >= 0.3 is 5.97 Å². The number of esters is 1. The Morgan fingerprint density at radius 2 is 2.19 bits per heavy atom. The Labute approximate surface area is 160 Å². The summed E-state index contributed by atoms with van der Waals surface area (Å²) in [5, 5.41) is 3.13. The Balaban J connectivity index is 1.65. The summed E-state index contributed by atoms with van der Waals surface area (Å²) in [4.78, 5) is 19.6. The summed E-state index contributed by atoms with van der Waals surface area (Å²) in [7, 11) is 0. The largest absolute Gasteiger partial charge is 0.466 e. The van der Waals surface area contributed by atoms with Crippen LogP contribution in [-0.4, -0.2) is 35.5 Å². The molecule has 1 aliphatic rings. The molecule has 26 heavy (non-hydrogen) atoms. The molecule has 1 unspecified atom stereocenters. The first-order chi connectivity index (χ1) is 12.7. The van der Waals surface area contributed by atoms with Crippen LogP contribution in [-0.2, 0) is 22.5 Å². The van der Waals surface area contributed by atoms with Gasteiger partial charge in [-0.3, -0.25) is 9.69 Å². The Kier molecular flexibility index (Phi) is 6.80. The molecule has 0 bridgehead atoms. The standard InChI is InChI=1S/C21H28N2O2S/c1-2-25-20(24)21(11-6-10-18-8-4-3-5-9-18)12-7-14-23(17-21)16-19-22-13-15-26-19/h3-5,8-9,13,15H,2,6-7,10-12,14,16-17H2,1H3. The number of rotatable bonds is 8. The minimum atomic E-state index is -0.375. The molecule has 1 fully saturated rings. The van der Waals surface area contributed by atoms with Gasteiger partial charge in [0.25, 0.3) is 0 Å². The Morgan fingerprint density at radius 1 is 1.35 bits per heavy atom. The number of aryl methyl sites for hydroxylation is 1. The molecule has 2 heterocycles. The number of benzene rings is 1. The number of hydrogen-bond donors (Lipinski definition) is 0. The van der Waals surface area contributed by atoms with Crippen LogP contribution in [0.15, 0.2) is 41.9 Å². The lowest BCUT2D eigenvalue weighted by molar-refractivity contribution is -0.160. The van der Waals surface area contributed by atoms with Gasteiger partial charge in [0.1, 0.15) is 5.01 Å². The summed E-state index contributed by atoms with van der Waals surface area (Å²) in [5.41, 5.74) is 0.960. The maximum absolute atomic E-state index is 12.8. The highest BCUT2D eigenvalue weighted by molar-refractivity contribution is 7.09. The van der Waals surface area contributed by atoms with Crippen molar-refractivity contribution in [3.05, 3.63) is 52.5 Å². The van der Waals surface area contributed by atoms with Gasteiger partial charge in [-0.2, -0.15) is 0 Å². The zero-order valence-electron chi connectivity index (χ0n) is 15.5. The lowest BCUT2D eigenvalue weighted by Gasteiger charge is -2.40. The second-order valence-electron chi connectivity index (χ2n) is 7.08. The molecular formula is C21H28N2O2S. The summed E-state index contributed by atoms with van der Waals surface area (Å²) in [6, 6.07) is 10.5. The van der Waals surface area contributed by atoms with Crippen LogP contribution in [0.25, 0.3) is 0 Å². The van der Waals surface area contributed by atoms with Crippen molar-refractivity contribution in [2.75, 3.05) is 19.7 Å². The number of carbonyl (C=O) groups is 1. The van der Waals surface area contributed by atoms with E-state index in [4.69, 9.17) is 4.74 Å². The highest BCUT2D eigenvalue weighted by atomic mass is 32.1. The molecular weight excluding hydrogens is 344 g/mol. The average molecular weight is 373 g/mol. The van der Waals surface area contributed by atoms with Crippen molar-refractivity contribution < 1.29 is 9.53 Å². The SMILES string of the molecule is CCOC(=O)C1(CCCc2ccccc2)CCCN(Cc2nccs2)C1. The first-order valence-corrected chi connectivity index (χ1v) is 10.4. The number of aromatic nitrogens is 1. The third-order valence-electron chi connectivity index (χ3n) is 5.17. The van der Waals surface area contributed by atoms with Crippen molar-refractivity contribution >= 4 is 17.3 Å². The van der Waals surface area contributed by atoms with Crippen LogP contribution in [0, 0.1) is 5.41 Å². The fraction of sp³-hybridized carbons (Fsp3) is 0.524. The molecule has 0 saturated carbocycles. The first kappa shape index (κ1) is 19.1. The van der Waals surface area contributed by atoms with E-state index in [0.717, 1.165) is 56.7 Å². The van der Waals surface area contributed by atoms with E-state index in [0.29, 0.717) is 6.61 Å². The van der Waals surface area contributed by atoms with Gasteiger partial charge in [-0.1, -0.05) is 30.3 Å². The highest BCUT2D eigenvalue weighted by Gasteiger charge is 2.43. The Morgan fingerprint density at radius 3 is 2.92 bits per heavy atom. The van der Waals surface area contributed by atoms with Crippen LogP contribution in [0.2, 0.25) is 0 Å². The molecule has 3 rings (SSSR count). The van der Waals surface area contributed by atoms with Crippen LogP contribution in [0.3, 0.4) is 0 Å². The summed E-state index contributed by atoms with van der Waals surface area (Å²) < 4.78 is 5.49. The number of likely N-dealkylation sites (tertiary alicyclic amines) is 1. The van der Waals surface area contributed by atoms with E-state index in [1.807, 2.05) is 24.6 Å².